The van der Waals surface area contributed by atoms with Crippen LogP contribution in [0.3, 0.4) is 0 Å². The van der Waals surface area contributed by atoms with Gasteiger partial charge in [-0.2, -0.15) is 0 Å². The highest BCUT2D eigenvalue weighted by atomic mass is 35.5. The Kier molecular flexibility index (Phi) is 7.46. The first kappa shape index (κ1) is 22.7. The molecule has 1 aliphatic carbocycles. The minimum absolute atomic E-state index is 0.247. The Hall–Kier alpha value is -2.00. The second-order valence-electron chi connectivity index (χ2n) is 7.85. The molecule has 1 aromatic rings. The number of nitrogens with two attached hydrogens (primary N) is 1. The Balaban J connectivity index is 2.00. The molecule has 2 aliphatic rings. The number of alkyl halides is 1. The van der Waals surface area contributed by atoms with Gasteiger partial charge in [-0.1, -0.05) is 48.9 Å². The molecule has 3 rings (SSSR count). The van der Waals surface area contributed by atoms with Gasteiger partial charge in [0.1, 0.15) is 12.2 Å². The van der Waals surface area contributed by atoms with Crippen molar-refractivity contribution in [1.29, 1.82) is 5.41 Å². The zero-order valence-corrected chi connectivity index (χ0v) is 19.2. The van der Waals surface area contributed by atoms with E-state index >= 15 is 0 Å². The maximum absolute atomic E-state index is 7.26. The fourth-order valence-corrected chi connectivity index (χ4v) is 4.93. The van der Waals surface area contributed by atoms with Gasteiger partial charge < -0.3 is 15.6 Å². The lowest BCUT2D eigenvalue weighted by Gasteiger charge is -2.26. The summed E-state index contributed by atoms with van der Waals surface area (Å²) in [5.41, 5.74) is 10.9. The third-order valence-electron chi connectivity index (χ3n) is 5.87. The highest BCUT2D eigenvalue weighted by molar-refractivity contribution is 6.32. The number of aromatic amines is 1. The zero-order valence-electron chi connectivity index (χ0n) is 17.7. The van der Waals surface area contributed by atoms with Gasteiger partial charge in [0, 0.05) is 23.2 Å². The van der Waals surface area contributed by atoms with Crippen LogP contribution in [0.1, 0.15) is 56.0 Å². The van der Waals surface area contributed by atoms with Crippen LogP contribution in [0.2, 0.25) is 0 Å². The van der Waals surface area contributed by atoms with Gasteiger partial charge in [-0.05, 0) is 44.5 Å². The second kappa shape index (κ2) is 9.87. The van der Waals surface area contributed by atoms with Crippen LogP contribution < -0.4 is 5.73 Å². The van der Waals surface area contributed by atoms with Gasteiger partial charge in [-0.3, -0.25) is 5.41 Å². The molecular formula is C23H29Cl2N5. The van der Waals surface area contributed by atoms with E-state index in [0.717, 1.165) is 66.1 Å². The number of H-pyrrole nitrogens is 1. The Labute approximate surface area is 188 Å². The van der Waals surface area contributed by atoms with E-state index in [2.05, 4.69) is 59.8 Å². The van der Waals surface area contributed by atoms with Crippen molar-refractivity contribution in [1.82, 2.24) is 9.88 Å². The minimum atomic E-state index is -0.257. The van der Waals surface area contributed by atoms with E-state index in [1.807, 2.05) is 0 Å². The SMILES string of the molecule is CCC1=CC(CC)=C(Cl)C(C#Cc2cc(C3CCN(C)C3)[nH]c2C(N)=NC=N)C1Cl. The molecule has 3 atom stereocenters. The standard InChI is InChI=1S/C23H29Cl2N5/c1-4-14-10-15(5-2)21(25)18(20(14)24)7-6-16-11-19(17-8-9-30(3)12-17)29-22(16)23(27)28-13-26/h10-11,13,17-18,20,29H,4-5,8-9,12H2,1-3H3,(H3,26,27,28). The van der Waals surface area contributed by atoms with E-state index in [-0.39, 0.29) is 17.1 Å². The number of aromatic nitrogens is 1. The number of hydrogen-bond acceptors (Lipinski definition) is 2. The average molecular weight is 446 g/mol. The molecular weight excluding hydrogens is 417 g/mol. The third-order valence-corrected chi connectivity index (χ3v) is 6.88. The fourth-order valence-electron chi connectivity index (χ4n) is 4.09. The van der Waals surface area contributed by atoms with Crippen LogP contribution in [0.4, 0.5) is 0 Å². The van der Waals surface area contributed by atoms with E-state index in [9.17, 15) is 0 Å². The molecule has 7 heteroatoms. The Morgan fingerprint density at radius 2 is 2.20 bits per heavy atom. The lowest BCUT2D eigenvalue weighted by atomic mass is 9.87. The van der Waals surface area contributed by atoms with Crippen LogP contribution in [0.5, 0.6) is 0 Å². The summed E-state index contributed by atoms with van der Waals surface area (Å²) in [5.74, 6) is 6.97. The summed E-state index contributed by atoms with van der Waals surface area (Å²) in [5, 5.41) is 7.73. The molecule has 0 amide bonds. The Morgan fingerprint density at radius 3 is 2.80 bits per heavy atom. The molecule has 3 unspecified atom stereocenters. The lowest BCUT2D eigenvalue weighted by Crippen LogP contribution is -2.21. The quantitative estimate of drug-likeness (QED) is 0.268. The molecule has 2 heterocycles. The van der Waals surface area contributed by atoms with Crippen molar-refractivity contribution < 1.29 is 0 Å². The van der Waals surface area contributed by atoms with Crippen molar-refractivity contribution >= 4 is 35.4 Å². The van der Waals surface area contributed by atoms with Gasteiger partial charge >= 0.3 is 0 Å². The molecule has 1 aliphatic heterocycles. The van der Waals surface area contributed by atoms with Crippen LogP contribution in [0.15, 0.2) is 33.3 Å². The predicted octanol–water partition coefficient (Wildman–Crippen LogP) is 4.57. The van der Waals surface area contributed by atoms with E-state index < -0.39 is 0 Å². The second-order valence-corrected chi connectivity index (χ2v) is 8.73. The van der Waals surface area contributed by atoms with Crippen molar-refractivity contribution in [3.8, 4) is 11.8 Å². The molecule has 0 bridgehead atoms. The molecule has 1 aromatic heterocycles. The average Bonchev–Trinajstić information content (AvgIpc) is 3.34. The normalized spacial score (nSPS) is 25.2. The van der Waals surface area contributed by atoms with Crippen LogP contribution in [0, 0.1) is 23.2 Å². The number of nitrogens with zero attached hydrogens (tertiary/aromatic N) is 2. The maximum Gasteiger partial charge on any atom is 0.150 e. The highest BCUT2D eigenvalue weighted by Crippen LogP contribution is 2.38. The van der Waals surface area contributed by atoms with E-state index in [0.29, 0.717) is 11.6 Å². The number of allylic oxidation sites excluding steroid dienone is 4. The van der Waals surface area contributed by atoms with Gasteiger partial charge in [-0.15, -0.1) is 11.6 Å². The monoisotopic (exact) mass is 445 g/mol. The van der Waals surface area contributed by atoms with Crippen molar-refractivity contribution in [2.24, 2.45) is 16.6 Å². The summed E-state index contributed by atoms with van der Waals surface area (Å²) in [6.07, 6.45) is 5.85. The first-order chi connectivity index (χ1) is 14.4. The van der Waals surface area contributed by atoms with E-state index in [4.69, 9.17) is 34.3 Å². The third kappa shape index (κ3) is 4.67. The van der Waals surface area contributed by atoms with Crippen LogP contribution >= 0.6 is 23.2 Å². The van der Waals surface area contributed by atoms with Gasteiger partial charge in [0.2, 0.25) is 0 Å². The molecule has 30 heavy (non-hydrogen) atoms. The van der Waals surface area contributed by atoms with Crippen molar-refractivity contribution in [3.63, 3.8) is 0 Å². The first-order valence-electron chi connectivity index (χ1n) is 10.4. The predicted molar refractivity (Wildman–Crippen MR) is 127 cm³/mol. The molecule has 0 spiro atoms. The summed E-state index contributed by atoms with van der Waals surface area (Å²) < 4.78 is 0. The molecule has 1 fully saturated rings. The van der Waals surface area contributed by atoms with Crippen LogP contribution in [0.25, 0.3) is 0 Å². The molecule has 4 N–H and O–H groups in total. The van der Waals surface area contributed by atoms with Gasteiger partial charge in [-0.25, -0.2) is 4.99 Å². The zero-order chi connectivity index (χ0) is 21.8. The minimum Gasteiger partial charge on any atom is -0.382 e. The van der Waals surface area contributed by atoms with E-state index in [1.54, 1.807) is 0 Å². The van der Waals surface area contributed by atoms with E-state index in [1.165, 1.54) is 0 Å². The van der Waals surface area contributed by atoms with Crippen LogP contribution in [-0.2, 0) is 0 Å². The summed E-state index contributed by atoms with van der Waals surface area (Å²) in [6.45, 7) is 6.23. The number of hydrogen-bond donors (Lipinski definition) is 3. The highest BCUT2D eigenvalue weighted by Gasteiger charge is 2.29. The molecule has 0 aromatic carbocycles. The molecule has 5 nitrogen and oxygen atoms in total. The Bertz CT molecular complexity index is 960. The van der Waals surface area contributed by atoms with Crippen LogP contribution in [-0.4, -0.2) is 47.6 Å². The van der Waals surface area contributed by atoms with Gasteiger partial charge in [0.15, 0.2) is 0 Å². The lowest BCUT2D eigenvalue weighted by molar-refractivity contribution is 0.411. The summed E-state index contributed by atoms with van der Waals surface area (Å²) in [6, 6.07) is 2.06. The topological polar surface area (TPSA) is 81.3 Å². The Morgan fingerprint density at radius 1 is 1.43 bits per heavy atom. The van der Waals surface area contributed by atoms with Gasteiger partial charge in [0.05, 0.1) is 22.6 Å². The number of rotatable bonds is 5. The smallest absolute Gasteiger partial charge is 0.150 e. The number of nitrogens with one attached hydrogen (secondary N) is 2. The van der Waals surface area contributed by atoms with Crippen molar-refractivity contribution in [2.75, 3.05) is 20.1 Å². The number of likely N-dealkylation sites (tertiary alicyclic amines) is 1. The molecule has 0 saturated carbocycles. The molecule has 160 valence electrons. The largest absolute Gasteiger partial charge is 0.382 e. The van der Waals surface area contributed by atoms with Crippen molar-refractivity contribution in [2.45, 2.75) is 44.4 Å². The number of halogens is 2. The number of likely N-dealkylation sites (N-methyl/N-ethyl adjacent to an activating group) is 1. The molecule has 0 radical (unpaired) electrons. The van der Waals surface area contributed by atoms with Crippen molar-refractivity contribution in [3.05, 3.63) is 45.3 Å². The maximum atomic E-state index is 7.26. The summed E-state index contributed by atoms with van der Waals surface area (Å²) >= 11 is 13.4. The number of amidine groups is 1. The summed E-state index contributed by atoms with van der Waals surface area (Å²) in [4.78, 5) is 9.65. The van der Waals surface area contributed by atoms with Gasteiger partial charge in [0.25, 0.3) is 0 Å². The fraction of sp³-hybridized carbons (Fsp3) is 0.478. The number of aliphatic imine (C=N–C) groups is 1. The molecule has 1 saturated heterocycles. The summed E-state index contributed by atoms with van der Waals surface area (Å²) in [7, 11) is 2.12. The first-order valence-corrected chi connectivity index (χ1v) is 11.2.